The van der Waals surface area contributed by atoms with Crippen molar-refractivity contribution in [2.75, 3.05) is 0 Å². The fourth-order valence-corrected chi connectivity index (χ4v) is 5.69. The van der Waals surface area contributed by atoms with Crippen molar-refractivity contribution in [2.45, 2.75) is 18.1 Å². The number of nitrogens with two attached hydrogens (primary N) is 1. The fraction of sp³-hybridized carbons (Fsp3) is 0.192. The topological polar surface area (TPSA) is 178 Å². The lowest BCUT2D eigenvalue weighted by Gasteiger charge is -2.49. The highest BCUT2D eigenvalue weighted by molar-refractivity contribution is 9.10. The molecule has 184 valence electrons. The molecule has 0 fully saturated rings. The Bertz CT molecular complexity index is 1450. The molecule has 0 radical (unpaired) electrons. The van der Waals surface area contributed by atoms with Gasteiger partial charge in [-0.15, -0.1) is 0 Å². The van der Waals surface area contributed by atoms with Gasteiger partial charge in [-0.25, -0.2) is 0 Å². The maximum absolute atomic E-state index is 13.6. The molecule has 36 heavy (non-hydrogen) atoms. The number of ketones is 2. The third-order valence-electron chi connectivity index (χ3n) is 7.09. The van der Waals surface area contributed by atoms with E-state index in [2.05, 4.69) is 15.9 Å². The number of phenolic OH excluding ortho intramolecular Hbond substituents is 1. The van der Waals surface area contributed by atoms with E-state index in [0.29, 0.717) is 16.7 Å². The van der Waals surface area contributed by atoms with Crippen LogP contribution in [0, 0.1) is 11.8 Å². The second-order valence-electron chi connectivity index (χ2n) is 9.00. The monoisotopic (exact) mass is 553 g/mol. The van der Waals surface area contributed by atoms with Crippen molar-refractivity contribution in [3.63, 3.8) is 0 Å². The molecule has 0 bridgehead atoms. The standard InChI is InChI=1S/C26H20BrNO8/c27-11-6-4-10(5-7-11)8-13-12-2-1-3-15(29)17(12)22(32)20-18(13)21(31)14-9-16(30)19(25(28)35)23(33)26(14,36)24(20)34/h1-8,14,18,21,29-31,34,36H,9H2,(H2,28,35)/b13-8+. The van der Waals surface area contributed by atoms with Crippen molar-refractivity contribution in [1.82, 2.24) is 0 Å². The summed E-state index contributed by atoms with van der Waals surface area (Å²) in [5.41, 5.74) is 2.05. The molecular weight excluding hydrogens is 534 g/mol. The van der Waals surface area contributed by atoms with Gasteiger partial charge in [-0.2, -0.15) is 0 Å². The summed E-state index contributed by atoms with van der Waals surface area (Å²) in [5.74, 6) is -8.54. The van der Waals surface area contributed by atoms with Crippen LogP contribution in [0.2, 0.25) is 0 Å². The number of Topliss-reactive ketones (excluding diaryl/α,β-unsaturated/α-hetero) is 2. The van der Waals surface area contributed by atoms with Crippen LogP contribution in [0.5, 0.6) is 5.75 Å². The smallest absolute Gasteiger partial charge is 0.255 e. The summed E-state index contributed by atoms with van der Waals surface area (Å²) in [6.45, 7) is 0. The molecule has 7 N–H and O–H groups in total. The summed E-state index contributed by atoms with van der Waals surface area (Å²) < 4.78 is 0.816. The average molecular weight is 554 g/mol. The molecule has 2 aromatic carbocycles. The Morgan fingerprint density at radius 3 is 2.39 bits per heavy atom. The first-order valence-corrected chi connectivity index (χ1v) is 11.7. The number of aliphatic hydroxyl groups excluding tert-OH is 3. The summed E-state index contributed by atoms with van der Waals surface area (Å²) >= 11 is 3.36. The van der Waals surface area contributed by atoms with Crippen LogP contribution in [0.3, 0.4) is 0 Å². The normalized spacial score (nSPS) is 28.6. The van der Waals surface area contributed by atoms with Crippen LogP contribution in [0.4, 0.5) is 0 Å². The van der Waals surface area contributed by atoms with Crippen molar-refractivity contribution < 1.29 is 39.9 Å². The maximum Gasteiger partial charge on any atom is 0.255 e. The lowest BCUT2D eigenvalue weighted by molar-refractivity contribution is -0.152. The zero-order chi connectivity index (χ0) is 26.1. The van der Waals surface area contributed by atoms with Gasteiger partial charge in [0, 0.05) is 22.7 Å². The van der Waals surface area contributed by atoms with E-state index in [1.807, 2.05) is 0 Å². The molecular formula is C26H20BrNO8. The van der Waals surface area contributed by atoms with Crippen molar-refractivity contribution in [3.8, 4) is 5.75 Å². The molecule has 3 aliphatic rings. The molecule has 3 aliphatic carbocycles. The summed E-state index contributed by atoms with van der Waals surface area (Å²) in [5, 5.41) is 55.0. The van der Waals surface area contributed by atoms with E-state index >= 15 is 0 Å². The number of allylic oxidation sites excluding steroid dienone is 1. The summed E-state index contributed by atoms with van der Waals surface area (Å²) in [6, 6.07) is 11.5. The van der Waals surface area contributed by atoms with E-state index in [1.165, 1.54) is 12.1 Å². The number of carbonyl (C=O) groups is 3. The molecule has 9 nitrogen and oxygen atoms in total. The number of hydrogen-bond acceptors (Lipinski definition) is 8. The lowest BCUT2D eigenvalue weighted by atomic mass is 9.57. The van der Waals surface area contributed by atoms with Gasteiger partial charge in [-0.1, -0.05) is 46.3 Å². The molecule has 1 amide bonds. The predicted octanol–water partition coefficient (Wildman–Crippen LogP) is 2.31. The van der Waals surface area contributed by atoms with Crippen LogP contribution in [0.1, 0.15) is 27.9 Å². The average Bonchev–Trinajstić information content (AvgIpc) is 2.82. The van der Waals surface area contributed by atoms with E-state index in [9.17, 15) is 39.9 Å². The van der Waals surface area contributed by atoms with E-state index in [4.69, 9.17) is 5.73 Å². The van der Waals surface area contributed by atoms with Crippen LogP contribution < -0.4 is 5.73 Å². The lowest BCUT2D eigenvalue weighted by Crippen LogP contribution is -2.62. The number of carbonyl (C=O) groups excluding carboxylic acids is 3. The van der Waals surface area contributed by atoms with Gasteiger partial charge in [0.05, 0.1) is 17.2 Å². The van der Waals surface area contributed by atoms with Crippen molar-refractivity contribution in [3.05, 3.63) is 86.3 Å². The highest BCUT2D eigenvalue weighted by Crippen LogP contribution is 2.55. The van der Waals surface area contributed by atoms with Crippen molar-refractivity contribution in [1.29, 1.82) is 0 Å². The van der Waals surface area contributed by atoms with Crippen molar-refractivity contribution in [2.24, 2.45) is 17.6 Å². The largest absolute Gasteiger partial charge is 0.511 e. The zero-order valence-corrected chi connectivity index (χ0v) is 20.1. The maximum atomic E-state index is 13.6. The van der Waals surface area contributed by atoms with Gasteiger partial charge < -0.3 is 31.3 Å². The second-order valence-corrected chi connectivity index (χ2v) is 9.92. The molecule has 5 rings (SSSR count). The summed E-state index contributed by atoms with van der Waals surface area (Å²) in [7, 11) is 0. The minimum atomic E-state index is -2.89. The van der Waals surface area contributed by atoms with Crippen LogP contribution in [0.15, 0.2) is 69.6 Å². The predicted molar refractivity (Wildman–Crippen MR) is 131 cm³/mol. The number of primary amides is 1. The summed E-state index contributed by atoms with van der Waals surface area (Å²) in [4.78, 5) is 38.5. The molecule has 0 spiro atoms. The Morgan fingerprint density at radius 2 is 1.75 bits per heavy atom. The number of benzene rings is 2. The Kier molecular flexibility index (Phi) is 5.43. The first kappa shape index (κ1) is 24.0. The molecule has 4 atom stereocenters. The minimum absolute atomic E-state index is 0.176. The number of halogens is 1. The molecule has 0 saturated carbocycles. The fourth-order valence-electron chi connectivity index (χ4n) is 5.42. The number of rotatable bonds is 2. The van der Waals surface area contributed by atoms with Gasteiger partial charge in [-0.05, 0) is 34.9 Å². The van der Waals surface area contributed by atoms with E-state index in [1.54, 1.807) is 36.4 Å². The van der Waals surface area contributed by atoms with Crippen LogP contribution in [-0.4, -0.2) is 54.7 Å². The Hall–Kier alpha value is -3.73. The number of hydrogen-bond donors (Lipinski definition) is 6. The highest BCUT2D eigenvalue weighted by Gasteiger charge is 2.63. The Labute approximate surface area is 212 Å². The molecule has 2 aromatic rings. The number of aromatic hydroxyl groups is 1. The van der Waals surface area contributed by atoms with E-state index in [-0.39, 0.29) is 5.56 Å². The highest BCUT2D eigenvalue weighted by atomic mass is 79.9. The number of aliphatic hydroxyl groups is 4. The van der Waals surface area contributed by atoms with E-state index < -0.39 is 75.8 Å². The molecule has 10 heteroatoms. The van der Waals surface area contributed by atoms with Gasteiger partial charge in [-0.3, -0.25) is 14.4 Å². The minimum Gasteiger partial charge on any atom is -0.511 e. The van der Waals surface area contributed by atoms with Crippen LogP contribution in [-0.2, 0) is 9.59 Å². The van der Waals surface area contributed by atoms with Crippen LogP contribution in [0.25, 0.3) is 11.6 Å². The SMILES string of the molecule is NC(=O)C1=C(O)CC2C(O)C3C(=C(O)C2(O)C1=O)C(=O)c1c(O)cccc1/C3=C\c1ccc(Br)cc1. The molecule has 0 saturated heterocycles. The zero-order valence-electron chi connectivity index (χ0n) is 18.5. The molecule has 4 unspecified atom stereocenters. The Balaban J connectivity index is 1.82. The Morgan fingerprint density at radius 1 is 1.08 bits per heavy atom. The molecule has 0 aliphatic heterocycles. The number of amides is 1. The van der Waals surface area contributed by atoms with Gasteiger partial charge in [0.15, 0.2) is 11.4 Å². The molecule has 0 aromatic heterocycles. The summed E-state index contributed by atoms with van der Waals surface area (Å²) in [6.07, 6.45) is -0.539. The van der Waals surface area contributed by atoms with Gasteiger partial charge in [0.2, 0.25) is 5.78 Å². The number of phenols is 1. The van der Waals surface area contributed by atoms with E-state index in [0.717, 1.165) is 4.47 Å². The van der Waals surface area contributed by atoms with Gasteiger partial charge >= 0.3 is 0 Å². The molecule has 0 heterocycles. The van der Waals surface area contributed by atoms with Crippen molar-refractivity contribution >= 4 is 45.1 Å². The number of fused-ring (bicyclic) bond motifs is 3. The first-order valence-electron chi connectivity index (χ1n) is 10.9. The third-order valence-corrected chi connectivity index (χ3v) is 7.62. The first-order chi connectivity index (χ1) is 17.0. The second kappa shape index (κ2) is 8.16. The third kappa shape index (κ3) is 3.18. The van der Waals surface area contributed by atoms with Gasteiger partial charge in [0.25, 0.3) is 5.91 Å². The van der Waals surface area contributed by atoms with Gasteiger partial charge in [0.1, 0.15) is 22.8 Å². The van der Waals surface area contributed by atoms with Crippen LogP contribution >= 0.6 is 15.9 Å². The quantitative estimate of drug-likeness (QED) is 0.306.